The molecule has 2 atom stereocenters. The number of hydrogen-bond acceptors (Lipinski definition) is 9. The summed E-state index contributed by atoms with van der Waals surface area (Å²) in [6.07, 6.45) is 1.66. The van der Waals surface area contributed by atoms with Gasteiger partial charge in [-0.25, -0.2) is 23.9 Å². The van der Waals surface area contributed by atoms with Crippen LogP contribution in [0.15, 0.2) is 36.5 Å². The SMILES string of the molecule is CN1CCC(NC(=O)Oc2ccnc(N3CC[C@@H](F)[C@@H](N(C)C(=O)Nc4nc5ccccc5s4)C3)n2)CC1. The first-order chi connectivity index (χ1) is 18.4. The molecule has 5 rings (SSSR count). The van der Waals surface area contributed by atoms with Gasteiger partial charge in [-0.2, -0.15) is 4.98 Å². The number of benzene rings is 1. The molecule has 11 nitrogen and oxygen atoms in total. The molecule has 0 saturated carbocycles. The maximum atomic E-state index is 15.0. The molecule has 2 saturated heterocycles. The minimum absolute atomic E-state index is 0.0637. The molecule has 38 heavy (non-hydrogen) atoms. The fourth-order valence-corrected chi connectivity index (χ4v) is 5.55. The molecule has 0 unspecified atom stereocenters. The van der Waals surface area contributed by atoms with Gasteiger partial charge in [-0.3, -0.25) is 5.32 Å². The van der Waals surface area contributed by atoms with Gasteiger partial charge in [-0.1, -0.05) is 23.5 Å². The fourth-order valence-electron chi connectivity index (χ4n) is 4.69. The molecule has 4 heterocycles. The number of carbonyl (C=O) groups excluding carboxylic acids is 2. The van der Waals surface area contributed by atoms with Crippen molar-refractivity contribution < 1.29 is 18.7 Å². The maximum Gasteiger partial charge on any atom is 0.414 e. The minimum atomic E-state index is -1.21. The number of alkyl halides is 1. The highest BCUT2D eigenvalue weighted by atomic mass is 32.1. The van der Waals surface area contributed by atoms with Crippen LogP contribution in [0.1, 0.15) is 19.3 Å². The van der Waals surface area contributed by atoms with Crippen LogP contribution in [0.3, 0.4) is 0 Å². The summed E-state index contributed by atoms with van der Waals surface area (Å²) in [6.45, 7) is 2.40. The van der Waals surface area contributed by atoms with Crippen LogP contribution in [-0.4, -0.2) is 95.4 Å². The molecule has 0 spiro atoms. The number of halogens is 1. The molecule has 2 aromatic heterocycles. The van der Waals surface area contributed by atoms with Gasteiger partial charge in [0.2, 0.25) is 11.8 Å². The van der Waals surface area contributed by atoms with Crippen molar-refractivity contribution in [3.8, 4) is 5.88 Å². The van der Waals surface area contributed by atoms with E-state index < -0.39 is 24.3 Å². The zero-order valence-corrected chi connectivity index (χ0v) is 22.2. The number of para-hydroxylation sites is 1. The Hall–Kier alpha value is -3.58. The number of likely N-dealkylation sites (tertiary alicyclic amines) is 1. The molecule has 1 aromatic carbocycles. The van der Waals surface area contributed by atoms with Crippen molar-refractivity contribution in [3.63, 3.8) is 0 Å². The Balaban J connectivity index is 1.20. The zero-order chi connectivity index (χ0) is 26.6. The van der Waals surface area contributed by atoms with Crippen molar-refractivity contribution in [3.05, 3.63) is 36.5 Å². The highest BCUT2D eigenvalue weighted by Crippen LogP contribution is 2.27. The number of fused-ring (bicyclic) bond motifs is 1. The average Bonchev–Trinajstić information content (AvgIpc) is 3.32. The Labute approximate surface area is 224 Å². The minimum Gasteiger partial charge on any atom is -0.391 e. The third-order valence-corrected chi connectivity index (χ3v) is 7.92. The van der Waals surface area contributed by atoms with E-state index >= 15 is 0 Å². The van der Waals surface area contributed by atoms with E-state index in [0.717, 1.165) is 36.1 Å². The lowest BCUT2D eigenvalue weighted by Gasteiger charge is -2.39. The maximum absolute atomic E-state index is 15.0. The van der Waals surface area contributed by atoms with Gasteiger partial charge in [-0.05, 0) is 51.5 Å². The van der Waals surface area contributed by atoms with Gasteiger partial charge in [0, 0.05) is 38.4 Å². The molecular weight excluding hydrogens is 511 g/mol. The van der Waals surface area contributed by atoms with E-state index in [4.69, 9.17) is 4.74 Å². The lowest BCUT2D eigenvalue weighted by Crippen LogP contribution is -2.55. The fraction of sp³-hybridized carbons (Fsp3) is 0.480. The number of piperidine rings is 2. The molecule has 2 aliphatic heterocycles. The molecule has 0 radical (unpaired) electrons. The number of rotatable bonds is 5. The van der Waals surface area contributed by atoms with E-state index in [-0.39, 0.29) is 24.9 Å². The Morgan fingerprint density at radius 2 is 1.92 bits per heavy atom. The predicted molar refractivity (Wildman–Crippen MR) is 144 cm³/mol. The quantitative estimate of drug-likeness (QED) is 0.504. The molecule has 3 amide bonds. The molecule has 2 fully saturated rings. The van der Waals surface area contributed by atoms with Crippen LogP contribution >= 0.6 is 11.3 Å². The summed E-state index contributed by atoms with van der Waals surface area (Å²) in [5.74, 6) is 0.424. The number of hydrogen-bond donors (Lipinski definition) is 2. The van der Waals surface area contributed by atoms with Crippen molar-refractivity contribution in [2.75, 3.05) is 50.5 Å². The number of likely N-dealkylation sites (N-methyl/N-ethyl adjacent to an activating group) is 1. The van der Waals surface area contributed by atoms with Crippen LogP contribution in [0.5, 0.6) is 5.88 Å². The molecule has 2 aliphatic rings. The molecule has 2 N–H and O–H groups in total. The first kappa shape index (κ1) is 26.0. The van der Waals surface area contributed by atoms with E-state index in [0.29, 0.717) is 17.6 Å². The number of ether oxygens (including phenoxy) is 1. The van der Waals surface area contributed by atoms with E-state index in [1.54, 1.807) is 11.9 Å². The van der Waals surface area contributed by atoms with E-state index in [1.807, 2.05) is 24.3 Å². The van der Waals surface area contributed by atoms with Crippen LogP contribution < -0.4 is 20.3 Å². The van der Waals surface area contributed by atoms with E-state index in [1.165, 1.54) is 28.5 Å². The van der Waals surface area contributed by atoms with Gasteiger partial charge in [0.05, 0.1) is 16.3 Å². The number of amides is 3. The van der Waals surface area contributed by atoms with Crippen molar-refractivity contribution in [2.24, 2.45) is 0 Å². The van der Waals surface area contributed by atoms with Crippen LogP contribution in [0.4, 0.5) is 25.1 Å². The second kappa shape index (κ2) is 11.4. The number of nitrogens with one attached hydrogen (secondary N) is 2. The molecule has 13 heteroatoms. The number of aromatic nitrogens is 3. The Morgan fingerprint density at radius 1 is 1.13 bits per heavy atom. The summed E-state index contributed by atoms with van der Waals surface area (Å²) in [7, 11) is 3.62. The van der Waals surface area contributed by atoms with Crippen LogP contribution in [0, 0.1) is 0 Å². The van der Waals surface area contributed by atoms with Crippen LogP contribution in [-0.2, 0) is 0 Å². The Bertz CT molecular complexity index is 1250. The monoisotopic (exact) mass is 542 g/mol. The van der Waals surface area contributed by atoms with E-state index in [2.05, 4.69) is 37.5 Å². The molecular formula is C25H31FN8O3S. The van der Waals surface area contributed by atoms with Crippen molar-refractivity contribution in [1.29, 1.82) is 0 Å². The van der Waals surface area contributed by atoms with Gasteiger partial charge >= 0.3 is 12.1 Å². The van der Waals surface area contributed by atoms with Crippen LogP contribution in [0.2, 0.25) is 0 Å². The number of nitrogens with zero attached hydrogens (tertiary/aromatic N) is 6. The lowest BCUT2D eigenvalue weighted by atomic mass is 10.0. The molecule has 0 aliphatic carbocycles. The Kier molecular flexibility index (Phi) is 7.84. The van der Waals surface area contributed by atoms with Crippen molar-refractivity contribution >= 4 is 44.8 Å². The second-order valence-electron chi connectivity index (χ2n) is 9.65. The highest BCUT2D eigenvalue weighted by molar-refractivity contribution is 7.22. The lowest BCUT2D eigenvalue weighted by molar-refractivity contribution is 0.133. The molecule has 3 aromatic rings. The number of urea groups is 1. The summed E-state index contributed by atoms with van der Waals surface area (Å²) < 4.78 is 21.3. The predicted octanol–water partition coefficient (Wildman–Crippen LogP) is 3.35. The normalized spacial score (nSPS) is 20.8. The molecule has 0 bridgehead atoms. The summed E-state index contributed by atoms with van der Waals surface area (Å²) in [5, 5.41) is 6.13. The first-order valence-corrected chi connectivity index (χ1v) is 13.5. The average molecular weight is 543 g/mol. The van der Waals surface area contributed by atoms with E-state index in [9.17, 15) is 14.0 Å². The summed E-state index contributed by atoms with van der Waals surface area (Å²) in [6, 6.07) is 8.00. The number of carbonyl (C=O) groups is 2. The summed E-state index contributed by atoms with van der Waals surface area (Å²) in [5.41, 5.74) is 0.793. The zero-order valence-electron chi connectivity index (χ0n) is 21.3. The second-order valence-corrected chi connectivity index (χ2v) is 10.7. The topological polar surface area (TPSA) is 116 Å². The van der Waals surface area contributed by atoms with Gasteiger partial charge in [0.25, 0.3) is 0 Å². The van der Waals surface area contributed by atoms with Gasteiger partial charge < -0.3 is 24.8 Å². The summed E-state index contributed by atoms with van der Waals surface area (Å²) >= 11 is 1.36. The van der Waals surface area contributed by atoms with Crippen molar-refractivity contribution in [1.82, 2.24) is 30.1 Å². The Morgan fingerprint density at radius 3 is 2.71 bits per heavy atom. The number of anilines is 2. The molecule has 202 valence electrons. The highest BCUT2D eigenvalue weighted by Gasteiger charge is 2.35. The van der Waals surface area contributed by atoms with Crippen molar-refractivity contribution in [2.45, 2.75) is 37.5 Å². The number of thiazole rings is 1. The smallest absolute Gasteiger partial charge is 0.391 e. The van der Waals surface area contributed by atoms with Gasteiger partial charge in [0.15, 0.2) is 5.13 Å². The summed E-state index contributed by atoms with van der Waals surface area (Å²) in [4.78, 5) is 43.8. The van der Waals surface area contributed by atoms with Crippen LogP contribution in [0.25, 0.3) is 10.2 Å². The first-order valence-electron chi connectivity index (χ1n) is 12.6. The van der Waals surface area contributed by atoms with Gasteiger partial charge in [0.1, 0.15) is 6.17 Å². The van der Waals surface area contributed by atoms with Gasteiger partial charge in [-0.15, -0.1) is 0 Å². The largest absolute Gasteiger partial charge is 0.414 e. The standard InChI is InChI=1S/C25H31FN8O3S/c1-32-12-8-16(9-13-32)28-25(36)37-21-7-11-27-22(30-21)34-14-10-17(26)19(15-34)33(2)24(35)31-23-29-18-5-3-4-6-20(18)38-23/h3-7,11,16-17,19H,8-10,12-15H2,1-2H3,(H,28,36)(H,29,31,35)/t17-,19+/m1/s1. The third kappa shape index (κ3) is 6.10. The third-order valence-electron chi connectivity index (χ3n) is 6.96.